The van der Waals surface area contributed by atoms with Crippen LogP contribution in [0.25, 0.3) is 0 Å². The molecule has 1 unspecified atom stereocenters. The maximum Gasteiger partial charge on any atom is 0.323 e. The van der Waals surface area contributed by atoms with Gasteiger partial charge in [-0.15, -0.1) is 0 Å². The summed E-state index contributed by atoms with van der Waals surface area (Å²) in [6.45, 7) is 6.29. The lowest BCUT2D eigenvalue weighted by Crippen LogP contribution is -2.50. The molecule has 0 aromatic heterocycles. The van der Waals surface area contributed by atoms with Crippen molar-refractivity contribution in [3.63, 3.8) is 0 Å². The van der Waals surface area contributed by atoms with E-state index in [1.807, 2.05) is 6.92 Å². The highest BCUT2D eigenvalue weighted by Crippen LogP contribution is 2.14. The number of aliphatic carboxylic acids is 1. The summed E-state index contributed by atoms with van der Waals surface area (Å²) in [5.74, 6) is -0.388. The van der Waals surface area contributed by atoms with E-state index in [-0.39, 0.29) is 11.5 Å². The largest absolute Gasteiger partial charge is 0.480 e. The van der Waals surface area contributed by atoms with E-state index in [4.69, 9.17) is 0 Å². The maximum atomic E-state index is 11.3. The molecule has 1 saturated heterocycles. The minimum absolute atomic E-state index is 0.220. The molecule has 2 N–H and O–H groups in total. The van der Waals surface area contributed by atoms with Crippen LogP contribution in [0.4, 0.5) is 0 Å². The van der Waals surface area contributed by atoms with Crippen molar-refractivity contribution in [1.29, 1.82) is 0 Å². The van der Waals surface area contributed by atoms with Crippen LogP contribution >= 0.6 is 0 Å². The fraction of sp³-hybridized carbons (Fsp3) is 0.923. The van der Waals surface area contributed by atoms with Gasteiger partial charge in [0.05, 0.1) is 11.5 Å². The van der Waals surface area contributed by atoms with Crippen molar-refractivity contribution in [2.45, 2.75) is 38.6 Å². The van der Waals surface area contributed by atoms with Crippen molar-refractivity contribution in [2.75, 3.05) is 37.7 Å². The smallest absolute Gasteiger partial charge is 0.323 e. The molecule has 0 aromatic carbocycles. The Bertz CT molecular complexity index is 410. The summed E-state index contributed by atoms with van der Waals surface area (Å²) in [7, 11) is -2.84. The lowest BCUT2D eigenvalue weighted by molar-refractivity contribution is -0.144. The molecule has 1 aliphatic rings. The van der Waals surface area contributed by atoms with Crippen LogP contribution in [0.3, 0.4) is 0 Å². The van der Waals surface area contributed by atoms with E-state index in [0.29, 0.717) is 26.1 Å². The molecule has 0 radical (unpaired) electrons. The highest BCUT2D eigenvalue weighted by molar-refractivity contribution is 7.91. The molecule has 1 rings (SSSR count). The van der Waals surface area contributed by atoms with E-state index >= 15 is 0 Å². The standard InChI is InChI=1S/C13H26N2O4S/c1-3-6-14-13(2,12(16)17)5-4-7-15-8-10-20(18,19)11-9-15/h14H,3-11H2,1-2H3,(H,16,17). The van der Waals surface area contributed by atoms with Gasteiger partial charge in [-0.05, 0) is 39.3 Å². The fourth-order valence-electron chi connectivity index (χ4n) is 2.30. The lowest BCUT2D eigenvalue weighted by Gasteiger charge is -2.30. The lowest BCUT2D eigenvalue weighted by atomic mass is 9.95. The summed E-state index contributed by atoms with van der Waals surface area (Å²) in [4.78, 5) is 13.4. The molecule has 0 amide bonds. The first-order valence-corrected chi connectivity index (χ1v) is 9.02. The van der Waals surface area contributed by atoms with Crippen LogP contribution in [0.5, 0.6) is 0 Å². The number of hydrogen-bond acceptors (Lipinski definition) is 5. The number of sulfone groups is 1. The minimum Gasteiger partial charge on any atom is -0.480 e. The van der Waals surface area contributed by atoms with Crippen molar-refractivity contribution in [3.8, 4) is 0 Å². The molecule has 0 saturated carbocycles. The van der Waals surface area contributed by atoms with Gasteiger partial charge in [0.25, 0.3) is 0 Å². The number of hydrogen-bond donors (Lipinski definition) is 2. The number of nitrogens with zero attached hydrogens (tertiary/aromatic N) is 1. The summed E-state index contributed by atoms with van der Waals surface area (Å²) in [6.07, 6.45) is 2.19. The second-order valence-electron chi connectivity index (χ2n) is 5.66. The second kappa shape index (κ2) is 7.38. The van der Waals surface area contributed by atoms with Crippen LogP contribution in [0.1, 0.15) is 33.1 Å². The van der Waals surface area contributed by atoms with Gasteiger partial charge in [0.15, 0.2) is 9.84 Å². The van der Waals surface area contributed by atoms with Gasteiger partial charge in [0.2, 0.25) is 0 Å². The van der Waals surface area contributed by atoms with E-state index in [9.17, 15) is 18.3 Å². The minimum atomic E-state index is -2.84. The monoisotopic (exact) mass is 306 g/mol. The van der Waals surface area contributed by atoms with Crippen molar-refractivity contribution >= 4 is 15.8 Å². The number of carboxylic acid groups (broad SMARTS) is 1. The van der Waals surface area contributed by atoms with Crippen LogP contribution in [-0.4, -0.2) is 67.6 Å². The highest BCUT2D eigenvalue weighted by atomic mass is 32.2. The van der Waals surface area contributed by atoms with E-state index in [1.165, 1.54) is 0 Å². The van der Waals surface area contributed by atoms with Crippen molar-refractivity contribution in [2.24, 2.45) is 0 Å². The molecule has 1 atom stereocenters. The van der Waals surface area contributed by atoms with E-state index < -0.39 is 21.3 Å². The normalized spacial score (nSPS) is 22.3. The van der Waals surface area contributed by atoms with Gasteiger partial charge in [-0.1, -0.05) is 6.92 Å². The Morgan fingerprint density at radius 2 is 1.95 bits per heavy atom. The van der Waals surface area contributed by atoms with Gasteiger partial charge in [-0.25, -0.2) is 8.42 Å². The molecule has 0 aliphatic carbocycles. The quantitative estimate of drug-likeness (QED) is 0.672. The number of rotatable bonds is 8. The van der Waals surface area contributed by atoms with Crippen molar-refractivity contribution in [3.05, 3.63) is 0 Å². The highest BCUT2D eigenvalue weighted by Gasteiger charge is 2.32. The Balaban J connectivity index is 2.36. The maximum absolute atomic E-state index is 11.3. The fourth-order valence-corrected chi connectivity index (χ4v) is 3.58. The van der Waals surface area contributed by atoms with Crippen LogP contribution < -0.4 is 5.32 Å². The van der Waals surface area contributed by atoms with Gasteiger partial charge < -0.3 is 15.3 Å². The summed E-state index contributed by atoms with van der Waals surface area (Å²) in [6, 6.07) is 0. The van der Waals surface area contributed by atoms with Gasteiger partial charge in [-0.3, -0.25) is 4.79 Å². The third-order valence-corrected chi connectivity index (χ3v) is 5.43. The van der Waals surface area contributed by atoms with E-state index in [2.05, 4.69) is 10.2 Å². The average Bonchev–Trinajstić information content (AvgIpc) is 2.38. The Morgan fingerprint density at radius 3 is 2.45 bits per heavy atom. The molecule has 0 spiro atoms. The van der Waals surface area contributed by atoms with Gasteiger partial charge >= 0.3 is 5.97 Å². The zero-order chi connectivity index (χ0) is 15.2. The first-order valence-electron chi connectivity index (χ1n) is 7.20. The molecule has 7 heteroatoms. The average molecular weight is 306 g/mol. The van der Waals surface area contributed by atoms with Crippen LogP contribution in [-0.2, 0) is 14.6 Å². The van der Waals surface area contributed by atoms with Crippen LogP contribution in [0.2, 0.25) is 0 Å². The Labute approximate surface area is 121 Å². The van der Waals surface area contributed by atoms with Gasteiger partial charge in [0, 0.05) is 13.1 Å². The summed E-state index contributed by atoms with van der Waals surface area (Å²) in [5, 5.41) is 12.4. The Hall–Kier alpha value is -0.660. The zero-order valence-electron chi connectivity index (χ0n) is 12.4. The van der Waals surface area contributed by atoms with Crippen molar-refractivity contribution in [1.82, 2.24) is 10.2 Å². The Kier molecular flexibility index (Phi) is 6.42. The molecule has 1 heterocycles. The van der Waals surface area contributed by atoms with Gasteiger partial charge in [0.1, 0.15) is 5.54 Å². The van der Waals surface area contributed by atoms with Crippen LogP contribution in [0, 0.1) is 0 Å². The molecule has 1 fully saturated rings. The predicted octanol–water partition coefficient (Wildman–Crippen LogP) is 0.340. The SMILES string of the molecule is CCCNC(C)(CCCN1CCS(=O)(=O)CC1)C(=O)O. The molecule has 1 aliphatic heterocycles. The molecule has 0 bridgehead atoms. The third kappa shape index (κ3) is 5.38. The molecule has 20 heavy (non-hydrogen) atoms. The molecule has 6 nitrogen and oxygen atoms in total. The molecule has 0 aromatic rings. The zero-order valence-corrected chi connectivity index (χ0v) is 13.2. The summed E-state index contributed by atoms with van der Waals surface area (Å²) < 4.78 is 22.6. The predicted molar refractivity (Wildman–Crippen MR) is 78.7 cm³/mol. The second-order valence-corrected chi connectivity index (χ2v) is 7.96. The first kappa shape index (κ1) is 17.4. The topological polar surface area (TPSA) is 86.7 Å². The summed E-state index contributed by atoms with van der Waals surface area (Å²) in [5.41, 5.74) is -0.891. The number of carboxylic acids is 1. The Morgan fingerprint density at radius 1 is 1.35 bits per heavy atom. The van der Waals surface area contributed by atoms with Crippen LogP contribution in [0.15, 0.2) is 0 Å². The molecule has 118 valence electrons. The van der Waals surface area contributed by atoms with Crippen molar-refractivity contribution < 1.29 is 18.3 Å². The summed E-state index contributed by atoms with van der Waals surface area (Å²) >= 11 is 0. The first-order chi connectivity index (χ1) is 9.29. The number of nitrogens with one attached hydrogen (secondary N) is 1. The van der Waals surface area contributed by atoms with E-state index in [1.54, 1.807) is 6.92 Å². The third-order valence-electron chi connectivity index (χ3n) is 3.83. The molecular formula is C13H26N2O4S. The van der Waals surface area contributed by atoms with Gasteiger partial charge in [-0.2, -0.15) is 0 Å². The van der Waals surface area contributed by atoms with E-state index in [0.717, 1.165) is 19.4 Å². The molecular weight excluding hydrogens is 280 g/mol. The number of carbonyl (C=O) groups is 1.